The molecule has 1 atom stereocenters. The fourth-order valence-electron chi connectivity index (χ4n) is 1.34. The molecule has 0 aliphatic heterocycles. The summed E-state index contributed by atoms with van der Waals surface area (Å²) in [7, 11) is 0. The van der Waals surface area contributed by atoms with Crippen molar-refractivity contribution in [3.05, 3.63) is 0 Å². The molecule has 0 radical (unpaired) electrons. The van der Waals surface area contributed by atoms with Crippen LogP contribution in [-0.2, 0) is 14.4 Å². The molecule has 0 aromatic rings. The highest BCUT2D eigenvalue weighted by Gasteiger charge is 2.35. The van der Waals surface area contributed by atoms with Gasteiger partial charge in [-0.25, -0.2) is 4.79 Å². The van der Waals surface area contributed by atoms with Crippen LogP contribution in [0.2, 0.25) is 0 Å². The van der Waals surface area contributed by atoms with Crippen LogP contribution in [0.1, 0.15) is 13.8 Å². The highest BCUT2D eigenvalue weighted by atomic mass is 16.4. The van der Waals surface area contributed by atoms with Gasteiger partial charge in [-0.15, -0.1) is 0 Å². The third-order valence-electron chi connectivity index (χ3n) is 2.05. The van der Waals surface area contributed by atoms with E-state index in [2.05, 4.69) is 0 Å². The third-order valence-corrected chi connectivity index (χ3v) is 2.05. The second-order valence-corrected chi connectivity index (χ2v) is 3.59. The molecule has 7 heteroatoms. The Balaban J connectivity index is 5.20. The molecule has 92 valence electrons. The number of imide groups is 1. The Morgan fingerprint density at radius 1 is 1.12 bits per heavy atom. The van der Waals surface area contributed by atoms with Crippen LogP contribution in [0.4, 0.5) is 0 Å². The zero-order valence-corrected chi connectivity index (χ0v) is 9.34. The predicted octanol–water partition coefficient (Wildman–Crippen LogP) is -1.63. The van der Waals surface area contributed by atoms with Gasteiger partial charge in [0, 0.05) is 0 Å². The number of nitrogens with two attached hydrogens (primary N) is 2. The van der Waals surface area contributed by atoms with E-state index in [-0.39, 0.29) is 0 Å². The summed E-state index contributed by atoms with van der Waals surface area (Å²) in [6, 6.07) is -1.23. The smallest absolute Gasteiger partial charge is 0.327 e. The van der Waals surface area contributed by atoms with Gasteiger partial charge in [-0.2, -0.15) is 0 Å². The summed E-state index contributed by atoms with van der Waals surface area (Å²) in [6.45, 7) is 2.34. The fourth-order valence-corrected chi connectivity index (χ4v) is 1.34. The van der Waals surface area contributed by atoms with Gasteiger partial charge in [-0.05, 0) is 5.92 Å². The number of hydrogen-bond donors (Lipinski definition) is 3. The van der Waals surface area contributed by atoms with Crippen LogP contribution in [0.5, 0.6) is 0 Å². The van der Waals surface area contributed by atoms with Gasteiger partial charge in [0.2, 0.25) is 11.8 Å². The topological polar surface area (TPSA) is 127 Å². The maximum Gasteiger partial charge on any atom is 0.327 e. The average molecular weight is 231 g/mol. The second kappa shape index (κ2) is 6.19. The van der Waals surface area contributed by atoms with Gasteiger partial charge < -0.3 is 16.6 Å². The zero-order valence-electron chi connectivity index (χ0n) is 9.34. The van der Waals surface area contributed by atoms with Gasteiger partial charge in [0.25, 0.3) is 0 Å². The fraction of sp³-hybridized carbons (Fsp3) is 0.667. The molecular weight excluding hydrogens is 214 g/mol. The molecule has 0 heterocycles. The minimum atomic E-state index is -1.25. The molecular formula is C9H17N3O4. The van der Waals surface area contributed by atoms with Crippen LogP contribution >= 0.6 is 0 Å². The summed E-state index contributed by atoms with van der Waals surface area (Å²) in [5.74, 6) is -3.14. The van der Waals surface area contributed by atoms with Crippen molar-refractivity contribution in [3.8, 4) is 0 Å². The summed E-state index contributed by atoms with van der Waals surface area (Å²) >= 11 is 0. The Morgan fingerprint density at radius 2 is 1.50 bits per heavy atom. The second-order valence-electron chi connectivity index (χ2n) is 3.59. The number of carbonyl (C=O) groups is 3. The van der Waals surface area contributed by atoms with E-state index < -0.39 is 42.8 Å². The molecule has 2 amide bonds. The number of amides is 2. The van der Waals surface area contributed by atoms with E-state index >= 15 is 0 Å². The number of rotatable bonds is 5. The van der Waals surface area contributed by atoms with Gasteiger partial charge in [0.15, 0.2) is 0 Å². The van der Waals surface area contributed by atoms with Gasteiger partial charge in [-0.3, -0.25) is 14.5 Å². The van der Waals surface area contributed by atoms with E-state index in [1.54, 1.807) is 13.8 Å². The maximum atomic E-state index is 11.4. The zero-order chi connectivity index (χ0) is 12.9. The highest BCUT2D eigenvalue weighted by molar-refractivity contribution is 6.00. The molecule has 0 aliphatic carbocycles. The Labute approximate surface area is 93.4 Å². The van der Waals surface area contributed by atoms with Crippen molar-refractivity contribution >= 4 is 17.8 Å². The van der Waals surface area contributed by atoms with Crippen molar-refractivity contribution in [2.45, 2.75) is 19.9 Å². The molecule has 0 saturated carbocycles. The van der Waals surface area contributed by atoms with Gasteiger partial charge in [0.1, 0.15) is 6.04 Å². The van der Waals surface area contributed by atoms with E-state index in [4.69, 9.17) is 16.6 Å². The van der Waals surface area contributed by atoms with Crippen molar-refractivity contribution < 1.29 is 19.5 Å². The first-order valence-corrected chi connectivity index (χ1v) is 4.84. The molecule has 0 spiro atoms. The van der Waals surface area contributed by atoms with Crippen molar-refractivity contribution in [1.29, 1.82) is 0 Å². The van der Waals surface area contributed by atoms with Crippen LogP contribution in [0.25, 0.3) is 0 Å². The lowest BCUT2D eigenvalue weighted by Gasteiger charge is -2.29. The summed E-state index contributed by atoms with van der Waals surface area (Å²) in [5, 5.41) is 8.98. The molecule has 16 heavy (non-hydrogen) atoms. The predicted molar refractivity (Wildman–Crippen MR) is 56.2 cm³/mol. The minimum Gasteiger partial charge on any atom is -0.480 e. The lowest BCUT2D eigenvalue weighted by Crippen LogP contribution is -2.54. The average Bonchev–Trinajstić information content (AvgIpc) is 2.22. The molecule has 0 rings (SSSR count). The number of carbonyl (C=O) groups excluding carboxylic acids is 2. The standard InChI is InChI=1S/C9H17N3O4/c1-5(2)8(9(15)16)12(6(13)3-10)7(14)4-11/h5,8H,3-4,10-11H2,1-2H3,(H,15,16). The summed E-state index contributed by atoms with van der Waals surface area (Å²) in [6.07, 6.45) is 0. The molecule has 0 saturated heterocycles. The number of hydrogen-bond acceptors (Lipinski definition) is 5. The van der Waals surface area contributed by atoms with Crippen LogP contribution in [0.15, 0.2) is 0 Å². The Morgan fingerprint density at radius 3 is 1.69 bits per heavy atom. The normalized spacial score (nSPS) is 12.3. The quantitative estimate of drug-likeness (QED) is 0.521. The lowest BCUT2D eigenvalue weighted by atomic mass is 10.0. The van der Waals surface area contributed by atoms with Gasteiger partial charge >= 0.3 is 5.97 Å². The van der Waals surface area contributed by atoms with E-state index in [0.29, 0.717) is 4.90 Å². The van der Waals surface area contributed by atoms with Crippen LogP contribution in [0, 0.1) is 5.92 Å². The van der Waals surface area contributed by atoms with E-state index in [9.17, 15) is 14.4 Å². The number of nitrogens with zero attached hydrogens (tertiary/aromatic N) is 1. The Bertz CT molecular complexity index is 274. The van der Waals surface area contributed by atoms with Gasteiger partial charge in [-0.1, -0.05) is 13.8 Å². The highest BCUT2D eigenvalue weighted by Crippen LogP contribution is 2.11. The first-order valence-electron chi connectivity index (χ1n) is 4.84. The first-order chi connectivity index (χ1) is 7.36. The van der Waals surface area contributed by atoms with Crippen LogP contribution < -0.4 is 11.5 Å². The Kier molecular flexibility index (Phi) is 5.62. The van der Waals surface area contributed by atoms with Crippen molar-refractivity contribution in [2.75, 3.05) is 13.1 Å². The van der Waals surface area contributed by atoms with Crippen molar-refractivity contribution in [2.24, 2.45) is 17.4 Å². The Hall–Kier alpha value is -1.47. The molecule has 5 N–H and O–H groups in total. The number of carboxylic acids is 1. The minimum absolute atomic E-state index is 0.413. The molecule has 0 fully saturated rings. The summed E-state index contributed by atoms with van der Waals surface area (Å²) in [4.78, 5) is 34.5. The SMILES string of the molecule is CC(C)C(C(=O)O)N(C(=O)CN)C(=O)CN. The monoisotopic (exact) mass is 231 g/mol. The molecule has 7 nitrogen and oxygen atoms in total. The van der Waals surface area contributed by atoms with Crippen molar-refractivity contribution in [1.82, 2.24) is 4.90 Å². The maximum absolute atomic E-state index is 11.4. The molecule has 1 unspecified atom stereocenters. The van der Waals surface area contributed by atoms with E-state index in [0.717, 1.165) is 0 Å². The number of aliphatic carboxylic acids is 1. The largest absolute Gasteiger partial charge is 0.480 e. The van der Waals surface area contributed by atoms with Crippen molar-refractivity contribution in [3.63, 3.8) is 0 Å². The third kappa shape index (κ3) is 3.28. The molecule has 0 aliphatic rings. The van der Waals surface area contributed by atoms with Crippen LogP contribution in [0.3, 0.4) is 0 Å². The molecule has 0 aromatic heterocycles. The summed E-state index contributed by atoms with van der Waals surface area (Å²) in [5.41, 5.74) is 10.3. The number of carboxylic acid groups (broad SMARTS) is 1. The first kappa shape index (κ1) is 14.5. The van der Waals surface area contributed by atoms with E-state index in [1.165, 1.54) is 0 Å². The lowest BCUT2D eigenvalue weighted by molar-refractivity contribution is -0.158. The van der Waals surface area contributed by atoms with Crippen LogP contribution in [-0.4, -0.2) is 46.9 Å². The van der Waals surface area contributed by atoms with Gasteiger partial charge in [0.05, 0.1) is 13.1 Å². The summed E-state index contributed by atoms with van der Waals surface area (Å²) < 4.78 is 0. The molecule has 0 bridgehead atoms. The van der Waals surface area contributed by atoms with E-state index in [1.807, 2.05) is 0 Å². The molecule has 0 aromatic carbocycles.